The van der Waals surface area contributed by atoms with Crippen LogP contribution in [0.5, 0.6) is 11.5 Å². The van der Waals surface area contributed by atoms with Crippen LogP contribution < -0.4 is 20.5 Å². The molecule has 1 amide bonds. The van der Waals surface area contributed by atoms with Gasteiger partial charge in [-0.2, -0.15) is 0 Å². The van der Waals surface area contributed by atoms with Crippen molar-refractivity contribution in [2.75, 3.05) is 20.8 Å². The van der Waals surface area contributed by atoms with Crippen molar-refractivity contribution >= 4 is 5.91 Å². The number of carbonyl (C=O) groups is 1. The minimum atomic E-state index is -0.373. The molecule has 0 aliphatic heterocycles. The molecule has 0 aliphatic carbocycles. The number of amides is 1. The van der Waals surface area contributed by atoms with Gasteiger partial charge in [0, 0.05) is 12.6 Å². The number of hydrogen-bond acceptors (Lipinski definition) is 4. The van der Waals surface area contributed by atoms with E-state index >= 15 is 0 Å². The fraction of sp³-hybridized carbons (Fsp3) is 0.533. The molecule has 5 heteroatoms. The molecule has 0 aromatic heterocycles. The van der Waals surface area contributed by atoms with Gasteiger partial charge in [0.1, 0.15) is 11.5 Å². The van der Waals surface area contributed by atoms with Gasteiger partial charge in [-0.1, -0.05) is 13.8 Å². The predicted molar refractivity (Wildman–Crippen MR) is 79.4 cm³/mol. The van der Waals surface area contributed by atoms with Gasteiger partial charge in [0.05, 0.1) is 25.3 Å². The van der Waals surface area contributed by atoms with E-state index in [1.807, 2.05) is 13.8 Å². The summed E-state index contributed by atoms with van der Waals surface area (Å²) in [5, 5.41) is 3.02. The molecule has 0 heterocycles. The number of methoxy groups -OCH3 is 2. The Labute approximate surface area is 120 Å². The molecule has 0 saturated carbocycles. The Balaban J connectivity index is 3.03. The van der Waals surface area contributed by atoms with Crippen LogP contribution >= 0.6 is 0 Å². The number of benzene rings is 1. The van der Waals surface area contributed by atoms with Gasteiger partial charge in [-0.3, -0.25) is 4.79 Å². The Morgan fingerprint density at radius 1 is 1.25 bits per heavy atom. The lowest BCUT2D eigenvalue weighted by Gasteiger charge is -2.31. The molecule has 0 fully saturated rings. The van der Waals surface area contributed by atoms with Gasteiger partial charge in [-0.25, -0.2) is 0 Å². The number of nitrogens with two attached hydrogens (primary N) is 1. The maximum Gasteiger partial charge on any atom is 0.255 e. The van der Waals surface area contributed by atoms with Crippen LogP contribution in [0.25, 0.3) is 0 Å². The number of carbonyl (C=O) groups excluding carboxylic acids is 1. The summed E-state index contributed by atoms with van der Waals surface area (Å²) in [6, 6.07) is 5.12. The molecule has 20 heavy (non-hydrogen) atoms. The van der Waals surface area contributed by atoms with Gasteiger partial charge in [0.15, 0.2) is 0 Å². The quantitative estimate of drug-likeness (QED) is 0.800. The zero-order valence-electron chi connectivity index (χ0n) is 12.7. The van der Waals surface area contributed by atoms with Crippen LogP contribution in [-0.2, 0) is 0 Å². The molecule has 0 aliphatic rings. The van der Waals surface area contributed by atoms with Crippen molar-refractivity contribution < 1.29 is 14.3 Å². The molecular formula is C15H24N2O3. The second-order valence-corrected chi connectivity index (χ2v) is 4.71. The van der Waals surface area contributed by atoms with Crippen LogP contribution in [-0.4, -0.2) is 32.2 Å². The normalized spacial score (nSPS) is 11.1. The molecule has 0 bridgehead atoms. The highest BCUT2D eigenvalue weighted by Crippen LogP contribution is 2.25. The highest BCUT2D eigenvalue weighted by Gasteiger charge is 2.27. The minimum Gasteiger partial charge on any atom is -0.497 e. The Bertz CT molecular complexity index is 448. The second-order valence-electron chi connectivity index (χ2n) is 4.71. The first-order valence-electron chi connectivity index (χ1n) is 6.80. The number of rotatable bonds is 7. The number of ether oxygens (including phenoxy) is 2. The largest absolute Gasteiger partial charge is 0.497 e. The Hall–Kier alpha value is -1.75. The van der Waals surface area contributed by atoms with Crippen molar-refractivity contribution in [3.63, 3.8) is 0 Å². The smallest absolute Gasteiger partial charge is 0.255 e. The SMILES string of the molecule is CCC(CC)(CN)NC(=O)c1ccc(OC)cc1OC. The molecule has 0 radical (unpaired) electrons. The summed E-state index contributed by atoms with van der Waals surface area (Å²) in [4.78, 5) is 12.4. The van der Waals surface area contributed by atoms with Gasteiger partial charge in [-0.05, 0) is 25.0 Å². The van der Waals surface area contributed by atoms with Crippen LogP contribution in [0.1, 0.15) is 37.0 Å². The monoisotopic (exact) mass is 280 g/mol. The molecule has 1 aromatic rings. The highest BCUT2D eigenvalue weighted by atomic mass is 16.5. The molecule has 1 aromatic carbocycles. The van der Waals surface area contributed by atoms with E-state index in [4.69, 9.17) is 15.2 Å². The van der Waals surface area contributed by atoms with E-state index in [1.54, 1.807) is 25.3 Å². The zero-order chi connectivity index (χ0) is 15.2. The lowest BCUT2D eigenvalue weighted by Crippen LogP contribution is -2.52. The lowest BCUT2D eigenvalue weighted by molar-refractivity contribution is 0.0892. The highest BCUT2D eigenvalue weighted by molar-refractivity contribution is 5.97. The van der Waals surface area contributed by atoms with Gasteiger partial charge < -0.3 is 20.5 Å². The first-order chi connectivity index (χ1) is 9.55. The Morgan fingerprint density at radius 3 is 2.35 bits per heavy atom. The third-order valence-corrected chi connectivity index (χ3v) is 3.78. The van der Waals surface area contributed by atoms with E-state index in [9.17, 15) is 4.79 Å². The number of hydrogen-bond donors (Lipinski definition) is 2. The molecule has 0 atom stereocenters. The van der Waals surface area contributed by atoms with Gasteiger partial charge in [-0.15, -0.1) is 0 Å². The minimum absolute atomic E-state index is 0.182. The van der Waals surface area contributed by atoms with Gasteiger partial charge in [0.2, 0.25) is 0 Å². The maximum atomic E-state index is 12.4. The maximum absolute atomic E-state index is 12.4. The van der Waals surface area contributed by atoms with Crippen LogP contribution in [0.3, 0.4) is 0 Å². The number of nitrogens with one attached hydrogen (secondary N) is 1. The first-order valence-corrected chi connectivity index (χ1v) is 6.80. The average Bonchev–Trinajstić information content (AvgIpc) is 2.51. The third kappa shape index (κ3) is 3.42. The van der Waals surface area contributed by atoms with Crippen molar-refractivity contribution in [3.8, 4) is 11.5 Å². The summed E-state index contributed by atoms with van der Waals surface area (Å²) in [5.74, 6) is 0.952. The molecule has 0 saturated heterocycles. The standard InChI is InChI=1S/C15H24N2O3/c1-5-15(6-2,10-16)17-14(18)12-8-7-11(19-3)9-13(12)20-4/h7-9H,5-6,10,16H2,1-4H3,(H,17,18). The summed E-state index contributed by atoms with van der Waals surface area (Å²) < 4.78 is 10.4. The Morgan fingerprint density at radius 2 is 1.90 bits per heavy atom. The van der Waals surface area contributed by atoms with E-state index in [1.165, 1.54) is 7.11 Å². The summed E-state index contributed by atoms with van der Waals surface area (Å²) >= 11 is 0. The van der Waals surface area contributed by atoms with Crippen LogP contribution in [0.15, 0.2) is 18.2 Å². The van der Waals surface area contributed by atoms with Crippen molar-refractivity contribution in [3.05, 3.63) is 23.8 Å². The van der Waals surface area contributed by atoms with E-state index < -0.39 is 0 Å². The Kier molecular flexibility index (Phi) is 5.82. The first kappa shape index (κ1) is 16.3. The molecule has 112 valence electrons. The van der Waals surface area contributed by atoms with E-state index in [-0.39, 0.29) is 11.4 Å². The average molecular weight is 280 g/mol. The van der Waals surface area contributed by atoms with Crippen molar-refractivity contribution in [2.45, 2.75) is 32.2 Å². The topological polar surface area (TPSA) is 73.6 Å². The summed E-state index contributed by atoms with van der Waals surface area (Å²) in [6.45, 7) is 4.44. The molecule has 1 rings (SSSR count). The third-order valence-electron chi connectivity index (χ3n) is 3.78. The zero-order valence-corrected chi connectivity index (χ0v) is 12.7. The molecule has 5 nitrogen and oxygen atoms in total. The second kappa shape index (κ2) is 7.14. The van der Waals surface area contributed by atoms with Crippen LogP contribution in [0, 0.1) is 0 Å². The molecule has 0 spiro atoms. The van der Waals surface area contributed by atoms with Crippen molar-refractivity contribution in [1.29, 1.82) is 0 Å². The van der Waals surface area contributed by atoms with Gasteiger partial charge >= 0.3 is 0 Å². The molecular weight excluding hydrogens is 256 g/mol. The molecule has 0 unspecified atom stereocenters. The predicted octanol–water partition coefficient (Wildman–Crippen LogP) is 1.95. The summed E-state index contributed by atoms with van der Waals surface area (Å²) in [6.07, 6.45) is 1.56. The van der Waals surface area contributed by atoms with Crippen molar-refractivity contribution in [1.82, 2.24) is 5.32 Å². The van der Waals surface area contributed by atoms with Gasteiger partial charge in [0.25, 0.3) is 5.91 Å². The van der Waals surface area contributed by atoms with E-state index in [2.05, 4.69) is 5.32 Å². The van der Waals surface area contributed by atoms with Crippen molar-refractivity contribution in [2.24, 2.45) is 5.73 Å². The fourth-order valence-corrected chi connectivity index (χ4v) is 2.06. The summed E-state index contributed by atoms with van der Waals surface area (Å²) in [5.41, 5.74) is 5.91. The van der Waals surface area contributed by atoms with E-state index in [0.717, 1.165) is 12.8 Å². The molecule has 3 N–H and O–H groups in total. The fourth-order valence-electron chi connectivity index (χ4n) is 2.06. The van der Waals surface area contributed by atoms with E-state index in [0.29, 0.717) is 23.6 Å². The van der Waals surface area contributed by atoms with Crippen LogP contribution in [0.4, 0.5) is 0 Å². The lowest BCUT2D eigenvalue weighted by atomic mass is 9.92. The van der Waals surface area contributed by atoms with Crippen LogP contribution in [0.2, 0.25) is 0 Å². The summed E-state index contributed by atoms with van der Waals surface area (Å²) in [7, 11) is 3.10.